The summed E-state index contributed by atoms with van der Waals surface area (Å²) in [4.78, 5) is 58.2. The van der Waals surface area contributed by atoms with Gasteiger partial charge in [-0.3, -0.25) is 14.4 Å². The fourth-order valence-electron chi connectivity index (χ4n) is 7.24. The number of nitrogens with one attached hydrogen (secondary N) is 1. The molecule has 2 atom stereocenters. The number of fused-ring (bicyclic) bond motifs is 3. The van der Waals surface area contributed by atoms with E-state index >= 15 is 0 Å². The molecule has 2 aliphatic rings. The molecule has 1 aliphatic carbocycles. The zero-order chi connectivity index (χ0) is 38.1. The molecule has 19 heteroatoms. The van der Waals surface area contributed by atoms with E-state index in [2.05, 4.69) is 25.5 Å². The minimum absolute atomic E-state index is 0.0238. The van der Waals surface area contributed by atoms with Gasteiger partial charge in [-0.1, -0.05) is 18.5 Å². The average molecular weight is 762 g/mol. The predicted molar refractivity (Wildman–Crippen MR) is 190 cm³/mol. The number of hydrogen-bond donors (Lipinski definition) is 2. The lowest BCUT2D eigenvalue weighted by molar-refractivity contribution is -0.137. The first-order chi connectivity index (χ1) is 25.8. The number of aromatic nitrogens is 8. The molecule has 8 rings (SSSR count). The molecule has 1 saturated carbocycles. The minimum Gasteiger partial charge on any atom is -0.504 e. The van der Waals surface area contributed by atoms with E-state index in [9.17, 15) is 32.7 Å². The maximum atomic E-state index is 14.6. The molecule has 2 amide bonds. The number of aromatic hydroxyl groups is 1. The number of nitrogens with zero attached hydrogens (tertiary/aromatic N) is 10. The second-order valence-electron chi connectivity index (χ2n) is 13.1. The van der Waals surface area contributed by atoms with Crippen LogP contribution in [0, 0.1) is 6.92 Å². The summed E-state index contributed by atoms with van der Waals surface area (Å²) in [5.41, 5.74) is 0.841. The van der Waals surface area contributed by atoms with Crippen molar-refractivity contribution in [3.05, 3.63) is 93.1 Å². The second-order valence-corrected chi connectivity index (χ2v) is 13.5. The van der Waals surface area contributed by atoms with Gasteiger partial charge in [0.25, 0.3) is 11.5 Å². The lowest BCUT2D eigenvalue weighted by Crippen LogP contribution is -2.67. The lowest BCUT2D eigenvalue weighted by atomic mass is 9.81. The molecule has 0 bridgehead atoms. The van der Waals surface area contributed by atoms with Crippen molar-refractivity contribution in [3.63, 3.8) is 0 Å². The van der Waals surface area contributed by atoms with E-state index in [-0.39, 0.29) is 76.7 Å². The molecule has 2 N–H and O–H groups in total. The number of pyridine rings is 1. The van der Waals surface area contributed by atoms with Crippen molar-refractivity contribution in [1.29, 1.82) is 0 Å². The number of carbonyl (C=O) groups excluding carboxylic acids is 2. The van der Waals surface area contributed by atoms with Gasteiger partial charge in [-0.05, 0) is 62.6 Å². The number of carbonyl (C=O) groups is 2. The maximum absolute atomic E-state index is 14.6. The van der Waals surface area contributed by atoms with Gasteiger partial charge in [-0.15, -0.1) is 5.10 Å². The second kappa shape index (κ2) is 13.1. The highest BCUT2D eigenvalue weighted by molar-refractivity contribution is 6.33. The van der Waals surface area contributed by atoms with Crippen LogP contribution in [0.25, 0.3) is 22.7 Å². The van der Waals surface area contributed by atoms with Crippen LogP contribution in [-0.2, 0) is 23.9 Å². The van der Waals surface area contributed by atoms with E-state index in [0.717, 1.165) is 28.2 Å². The van der Waals surface area contributed by atoms with E-state index in [4.69, 9.17) is 16.6 Å². The number of benzene rings is 1. The summed E-state index contributed by atoms with van der Waals surface area (Å²) in [6.07, 6.45) is 1.56. The number of anilines is 2. The Morgan fingerprint density at radius 1 is 1.07 bits per heavy atom. The molecule has 0 spiro atoms. The van der Waals surface area contributed by atoms with Crippen LogP contribution in [0.1, 0.15) is 47.2 Å². The zero-order valence-corrected chi connectivity index (χ0v) is 29.5. The van der Waals surface area contributed by atoms with Crippen molar-refractivity contribution in [2.24, 2.45) is 0 Å². The number of hydrogen-bond acceptors (Lipinski definition) is 10. The average Bonchev–Trinajstić information content (AvgIpc) is 3.79. The summed E-state index contributed by atoms with van der Waals surface area (Å²) < 4.78 is 44.2. The van der Waals surface area contributed by atoms with E-state index in [1.807, 2.05) is 17.9 Å². The molecule has 278 valence electrons. The van der Waals surface area contributed by atoms with Crippen LogP contribution in [-0.4, -0.2) is 85.7 Å². The summed E-state index contributed by atoms with van der Waals surface area (Å²) in [7, 11) is 0. The van der Waals surface area contributed by atoms with Crippen LogP contribution in [0.3, 0.4) is 0 Å². The molecule has 0 radical (unpaired) electrons. The third-order valence-corrected chi connectivity index (χ3v) is 10.3. The Morgan fingerprint density at radius 3 is 2.59 bits per heavy atom. The van der Waals surface area contributed by atoms with Crippen molar-refractivity contribution >= 4 is 46.1 Å². The van der Waals surface area contributed by atoms with Gasteiger partial charge < -0.3 is 24.8 Å². The number of piperazine rings is 1. The van der Waals surface area contributed by atoms with Gasteiger partial charge in [0.2, 0.25) is 11.7 Å². The van der Waals surface area contributed by atoms with Gasteiger partial charge in [-0.25, -0.2) is 14.5 Å². The monoisotopic (exact) mass is 761 g/mol. The van der Waals surface area contributed by atoms with Crippen molar-refractivity contribution in [1.82, 2.24) is 43.6 Å². The number of rotatable bonds is 7. The molecule has 54 heavy (non-hydrogen) atoms. The van der Waals surface area contributed by atoms with Crippen molar-refractivity contribution in [3.8, 4) is 17.1 Å². The number of aryl methyl sites for hydroxylation is 1. The third kappa shape index (κ3) is 5.86. The standard InChI is InChI=1S/C35H31ClF3N11O4/c1-3-24-29(46-12-13-47(26-7-6-25(26)46)32(53)28-30(52)18(2)40-17-41-28)33(54)50-34(44-31(45-50)19-9-11-49-21(14-19)8-10-42-49)48(24)16-27(51)43-23-5-4-20(15-22(23)36)35(37,38)39/h4-5,8-11,14-15,17,25-26,52H,3,6-7,12-13,16H2,1-2H3,(H,43,51)/t25-,26-/m1/s1. The van der Waals surface area contributed by atoms with Gasteiger partial charge in [0.05, 0.1) is 39.2 Å². The maximum Gasteiger partial charge on any atom is 0.416 e. The van der Waals surface area contributed by atoms with Gasteiger partial charge in [0.15, 0.2) is 17.3 Å². The highest BCUT2D eigenvalue weighted by Gasteiger charge is 2.47. The van der Waals surface area contributed by atoms with Gasteiger partial charge in [0, 0.05) is 37.1 Å². The molecule has 6 aromatic rings. The minimum atomic E-state index is -4.62. The Morgan fingerprint density at radius 2 is 1.87 bits per heavy atom. The molecular formula is C35H31ClF3N11O4. The molecule has 6 heterocycles. The highest BCUT2D eigenvalue weighted by atomic mass is 35.5. The van der Waals surface area contributed by atoms with Gasteiger partial charge in [0.1, 0.15) is 18.6 Å². The molecule has 15 nitrogen and oxygen atoms in total. The Hall–Kier alpha value is -6.04. The quantitative estimate of drug-likeness (QED) is 0.238. The van der Waals surface area contributed by atoms with E-state index in [0.29, 0.717) is 24.1 Å². The lowest BCUT2D eigenvalue weighted by Gasteiger charge is -2.54. The van der Waals surface area contributed by atoms with E-state index < -0.39 is 35.7 Å². The molecule has 1 aromatic carbocycles. The summed E-state index contributed by atoms with van der Waals surface area (Å²) in [6, 6.07) is 7.42. The fraction of sp³-hybridized carbons (Fsp3) is 0.314. The number of halogens is 4. The Labute approximate surface area is 308 Å². The fourth-order valence-corrected chi connectivity index (χ4v) is 7.47. The van der Waals surface area contributed by atoms with Crippen molar-refractivity contribution in [2.45, 2.75) is 57.9 Å². The number of alkyl halides is 3. The first-order valence-corrected chi connectivity index (χ1v) is 17.4. The summed E-state index contributed by atoms with van der Waals surface area (Å²) in [6.45, 7) is 3.48. The van der Waals surface area contributed by atoms with Crippen LogP contribution >= 0.6 is 11.6 Å². The van der Waals surface area contributed by atoms with E-state index in [1.165, 1.54) is 6.33 Å². The van der Waals surface area contributed by atoms with Crippen LogP contribution in [0.5, 0.6) is 5.75 Å². The Balaban J connectivity index is 1.20. The molecular weight excluding hydrogens is 731 g/mol. The smallest absolute Gasteiger partial charge is 0.416 e. The molecule has 1 saturated heterocycles. The number of amides is 2. The van der Waals surface area contributed by atoms with Crippen molar-refractivity contribution < 1.29 is 27.9 Å². The van der Waals surface area contributed by atoms with Crippen LogP contribution in [0.15, 0.2) is 59.9 Å². The SMILES string of the molecule is CCc1c(N2CCN(C(=O)c3ncnc(C)c3O)[C@@H]3CC[C@H]32)c(=O)n2nc(-c3ccn4nccc4c3)nc2n1CC(=O)Nc1ccc(C(F)(F)F)cc1Cl. The zero-order valence-electron chi connectivity index (χ0n) is 28.7. The summed E-state index contributed by atoms with van der Waals surface area (Å²) >= 11 is 6.16. The normalized spacial score (nSPS) is 17.1. The van der Waals surface area contributed by atoms with Gasteiger partial charge >= 0.3 is 6.18 Å². The van der Waals surface area contributed by atoms with Gasteiger partial charge in [-0.2, -0.15) is 27.8 Å². The summed E-state index contributed by atoms with van der Waals surface area (Å²) in [5, 5.41) is 21.7. The van der Waals surface area contributed by atoms with Crippen molar-refractivity contribution in [2.75, 3.05) is 23.3 Å². The topological polar surface area (TPSA) is 168 Å². The molecule has 1 aliphatic heterocycles. The summed E-state index contributed by atoms with van der Waals surface area (Å²) in [5.74, 6) is -1.07. The van der Waals surface area contributed by atoms with Crippen LogP contribution < -0.4 is 15.8 Å². The first kappa shape index (κ1) is 35.0. The molecule has 0 unspecified atom stereocenters. The predicted octanol–water partition coefficient (Wildman–Crippen LogP) is 4.38. The third-order valence-electron chi connectivity index (χ3n) is 10.0. The molecule has 5 aromatic heterocycles. The van der Waals surface area contributed by atoms with Crippen LogP contribution in [0.4, 0.5) is 24.5 Å². The largest absolute Gasteiger partial charge is 0.504 e. The Kier molecular flexibility index (Phi) is 8.51. The van der Waals surface area contributed by atoms with E-state index in [1.54, 1.807) is 45.4 Å². The first-order valence-electron chi connectivity index (χ1n) is 17.0. The Bertz CT molecular complexity index is 2550. The van der Waals surface area contributed by atoms with Crippen LogP contribution in [0.2, 0.25) is 5.02 Å². The highest BCUT2D eigenvalue weighted by Crippen LogP contribution is 2.39. The molecule has 2 fully saturated rings.